The maximum absolute atomic E-state index is 11.7. The van der Waals surface area contributed by atoms with Crippen LogP contribution >= 0.6 is 0 Å². The fourth-order valence-corrected chi connectivity index (χ4v) is 1.34. The molecule has 0 aliphatic rings. The highest BCUT2D eigenvalue weighted by atomic mass is 16.2. The van der Waals surface area contributed by atoms with Crippen molar-refractivity contribution in [3.05, 3.63) is 30.3 Å². The number of carbonyl (C=O) groups is 1. The van der Waals surface area contributed by atoms with Crippen LogP contribution in [0.5, 0.6) is 0 Å². The number of nitrogens with zero attached hydrogens (tertiary/aromatic N) is 2. The molecule has 0 aliphatic heterocycles. The Morgan fingerprint density at radius 1 is 1.13 bits per heavy atom. The molecule has 0 bridgehead atoms. The first-order chi connectivity index (χ1) is 7.04. The average molecular weight is 206 g/mol. The Labute approximate surface area is 91.3 Å². The fraction of sp³-hybridized carbons (Fsp3) is 0.417. The molecule has 0 unspecified atom stereocenters. The number of rotatable bonds is 3. The van der Waals surface area contributed by atoms with Crippen LogP contribution in [-0.4, -0.2) is 25.0 Å². The Kier molecular flexibility index (Phi) is 3.72. The van der Waals surface area contributed by atoms with Gasteiger partial charge in [-0.3, -0.25) is 14.8 Å². The maximum atomic E-state index is 11.7. The summed E-state index contributed by atoms with van der Waals surface area (Å²) in [5, 5.41) is 3.49. The molecule has 15 heavy (non-hydrogen) atoms. The van der Waals surface area contributed by atoms with Gasteiger partial charge in [0.15, 0.2) is 0 Å². The molecule has 1 aromatic rings. The fourth-order valence-electron chi connectivity index (χ4n) is 1.34. The Bertz CT molecular complexity index is 322. The van der Waals surface area contributed by atoms with E-state index in [0.717, 1.165) is 5.69 Å². The molecule has 0 aromatic heterocycles. The predicted octanol–water partition coefficient (Wildman–Crippen LogP) is 2.15. The van der Waals surface area contributed by atoms with Gasteiger partial charge in [0.1, 0.15) is 0 Å². The quantitative estimate of drug-likeness (QED) is 0.707. The summed E-state index contributed by atoms with van der Waals surface area (Å²) in [6, 6.07) is 9.83. The minimum absolute atomic E-state index is 0.0150. The summed E-state index contributed by atoms with van der Waals surface area (Å²) in [7, 11) is 3.67. The minimum atomic E-state index is 0.0150. The van der Waals surface area contributed by atoms with Crippen LogP contribution in [0.1, 0.15) is 13.8 Å². The monoisotopic (exact) mass is 206 g/mol. The third-order valence-corrected chi connectivity index (χ3v) is 2.39. The van der Waals surface area contributed by atoms with E-state index in [9.17, 15) is 4.79 Å². The van der Waals surface area contributed by atoms with E-state index in [1.54, 1.807) is 12.1 Å². The lowest BCUT2D eigenvalue weighted by Gasteiger charge is -2.31. The molecule has 1 rings (SSSR count). The van der Waals surface area contributed by atoms with E-state index in [0.29, 0.717) is 0 Å². The van der Waals surface area contributed by atoms with Crippen molar-refractivity contribution in [2.24, 2.45) is 5.92 Å². The molecule has 0 saturated carbocycles. The Hall–Kier alpha value is -1.51. The van der Waals surface area contributed by atoms with Crippen LogP contribution in [0, 0.1) is 5.92 Å². The van der Waals surface area contributed by atoms with E-state index in [-0.39, 0.29) is 11.8 Å². The summed E-state index contributed by atoms with van der Waals surface area (Å²) in [5.41, 5.74) is 1.01. The lowest BCUT2D eigenvalue weighted by atomic mass is 10.2. The normalized spacial score (nSPS) is 10.2. The standard InChI is InChI=1S/C12H18N2O/c1-10(2)12(15)14(4)13(3)11-8-6-5-7-9-11/h5-10H,1-4H3. The van der Waals surface area contributed by atoms with Gasteiger partial charge in [-0.2, -0.15) is 0 Å². The van der Waals surface area contributed by atoms with Gasteiger partial charge < -0.3 is 0 Å². The van der Waals surface area contributed by atoms with Crippen LogP contribution in [0.15, 0.2) is 30.3 Å². The number of amides is 1. The largest absolute Gasteiger partial charge is 0.286 e. The number of anilines is 1. The van der Waals surface area contributed by atoms with Crippen molar-refractivity contribution in [2.75, 3.05) is 19.1 Å². The molecule has 0 N–H and O–H groups in total. The molecule has 3 heteroatoms. The van der Waals surface area contributed by atoms with Gasteiger partial charge >= 0.3 is 0 Å². The molecule has 0 heterocycles. The topological polar surface area (TPSA) is 23.6 Å². The average Bonchev–Trinajstić information content (AvgIpc) is 2.27. The van der Waals surface area contributed by atoms with Crippen molar-refractivity contribution in [3.8, 4) is 0 Å². The van der Waals surface area contributed by atoms with Crippen molar-refractivity contribution >= 4 is 11.6 Å². The number of hydrogen-bond donors (Lipinski definition) is 0. The molecule has 1 amide bonds. The van der Waals surface area contributed by atoms with E-state index in [2.05, 4.69) is 0 Å². The van der Waals surface area contributed by atoms with Gasteiger partial charge in [0.05, 0.1) is 5.69 Å². The van der Waals surface area contributed by atoms with Crippen LogP contribution in [-0.2, 0) is 4.79 Å². The summed E-state index contributed by atoms with van der Waals surface area (Å²) < 4.78 is 0. The van der Waals surface area contributed by atoms with E-state index >= 15 is 0 Å². The van der Waals surface area contributed by atoms with Crippen LogP contribution in [0.4, 0.5) is 5.69 Å². The highest BCUT2D eigenvalue weighted by Gasteiger charge is 2.16. The van der Waals surface area contributed by atoms with Gasteiger partial charge in [-0.15, -0.1) is 0 Å². The Morgan fingerprint density at radius 2 is 1.67 bits per heavy atom. The smallest absolute Gasteiger partial charge is 0.243 e. The van der Waals surface area contributed by atoms with Crippen molar-refractivity contribution in [3.63, 3.8) is 0 Å². The summed E-state index contributed by atoms with van der Waals surface area (Å²) in [6.07, 6.45) is 0. The molecule has 0 aliphatic carbocycles. The number of hydrazine groups is 1. The Morgan fingerprint density at radius 3 is 2.13 bits per heavy atom. The Balaban J connectivity index is 2.77. The molecule has 0 saturated heterocycles. The van der Waals surface area contributed by atoms with Crippen molar-refractivity contribution in [2.45, 2.75) is 13.8 Å². The van der Waals surface area contributed by atoms with Crippen LogP contribution in [0.2, 0.25) is 0 Å². The number of benzene rings is 1. The first-order valence-electron chi connectivity index (χ1n) is 5.10. The van der Waals surface area contributed by atoms with Crippen molar-refractivity contribution in [1.29, 1.82) is 0 Å². The highest BCUT2D eigenvalue weighted by molar-refractivity contribution is 5.79. The van der Waals surface area contributed by atoms with E-state index in [1.807, 2.05) is 56.2 Å². The first-order valence-corrected chi connectivity index (χ1v) is 5.10. The second-order valence-electron chi connectivity index (χ2n) is 3.88. The molecule has 0 radical (unpaired) electrons. The van der Waals surface area contributed by atoms with Crippen LogP contribution < -0.4 is 5.01 Å². The van der Waals surface area contributed by atoms with Crippen molar-refractivity contribution in [1.82, 2.24) is 5.01 Å². The first kappa shape index (κ1) is 11.6. The lowest BCUT2D eigenvalue weighted by molar-refractivity contribution is -0.133. The van der Waals surface area contributed by atoms with Gasteiger partial charge in [0.25, 0.3) is 0 Å². The van der Waals surface area contributed by atoms with Gasteiger partial charge in [-0.05, 0) is 12.1 Å². The van der Waals surface area contributed by atoms with Gasteiger partial charge in [-0.25, -0.2) is 0 Å². The summed E-state index contributed by atoms with van der Waals surface area (Å²) in [4.78, 5) is 11.7. The number of para-hydroxylation sites is 1. The molecule has 82 valence electrons. The zero-order valence-corrected chi connectivity index (χ0v) is 9.77. The SMILES string of the molecule is CC(C)C(=O)N(C)N(C)c1ccccc1. The predicted molar refractivity (Wildman–Crippen MR) is 62.5 cm³/mol. The number of carbonyl (C=O) groups excluding carboxylic acids is 1. The summed E-state index contributed by atoms with van der Waals surface area (Å²) >= 11 is 0. The molecule has 0 atom stereocenters. The molecule has 0 spiro atoms. The van der Waals surface area contributed by atoms with E-state index in [4.69, 9.17) is 0 Å². The van der Waals surface area contributed by atoms with E-state index in [1.165, 1.54) is 0 Å². The number of hydrogen-bond acceptors (Lipinski definition) is 2. The molecular formula is C12H18N2O. The van der Waals surface area contributed by atoms with E-state index < -0.39 is 0 Å². The second kappa shape index (κ2) is 4.82. The minimum Gasteiger partial charge on any atom is -0.286 e. The third kappa shape index (κ3) is 2.72. The van der Waals surface area contributed by atoms with Gasteiger partial charge in [0, 0.05) is 20.0 Å². The molecule has 3 nitrogen and oxygen atoms in total. The lowest BCUT2D eigenvalue weighted by Crippen LogP contribution is -2.43. The third-order valence-electron chi connectivity index (χ3n) is 2.39. The van der Waals surface area contributed by atoms with Gasteiger partial charge in [-0.1, -0.05) is 32.0 Å². The van der Waals surface area contributed by atoms with Crippen LogP contribution in [0.25, 0.3) is 0 Å². The molecule has 0 fully saturated rings. The van der Waals surface area contributed by atoms with Gasteiger partial charge in [0.2, 0.25) is 5.91 Å². The molecule has 1 aromatic carbocycles. The van der Waals surface area contributed by atoms with Crippen molar-refractivity contribution < 1.29 is 4.79 Å². The second-order valence-corrected chi connectivity index (χ2v) is 3.88. The van der Waals surface area contributed by atoms with Crippen LogP contribution in [0.3, 0.4) is 0 Å². The maximum Gasteiger partial charge on any atom is 0.243 e. The summed E-state index contributed by atoms with van der Waals surface area (Å²) in [6.45, 7) is 3.80. The highest BCUT2D eigenvalue weighted by Crippen LogP contribution is 2.14. The zero-order valence-electron chi connectivity index (χ0n) is 9.77. The molecular weight excluding hydrogens is 188 g/mol. The summed E-state index contributed by atoms with van der Waals surface area (Å²) in [5.74, 6) is 0.127. The zero-order chi connectivity index (χ0) is 11.4.